The Labute approximate surface area is 139 Å². The van der Waals surface area contributed by atoms with E-state index >= 15 is 0 Å². The molecule has 2 aromatic carbocycles. The standard InChI is InChI=1S/C19H21F3O2/c1-18(2,3)15-11-14(17(23)19(20,21)22)9-10-16(15)24-12-13-7-5-4-6-8-13/h4-11,17,23H,12H2,1-3H3. The van der Waals surface area contributed by atoms with Gasteiger partial charge < -0.3 is 9.84 Å². The van der Waals surface area contributed by atoms with Crippen molar-refractivity contribution < 1.29 is 23.0 Å². The molecule has 1 N–H and O–H groups in total. The molecule has 2 aromatic rings. The third-order valence-electron chi connectivity index (χ3n) is 3.67. The molecular formula is C19H21F3O2. The molecule has 0 saturated carbocycles. The van der Waals surface area contributed by atoms with Gasteiger partial charge in [-0.05, 0) is 34.2 Å². The second kappa shape index (κ2) is 6.85. The highest BCUT2D eigenvalue weighted by Gasteiger charge is 2.40. The molecule has 0 aromatic heterocycles. The van der Waals surface area contributed by atoms with E-state index in [1.165, 1.54) is 18.2 Å². The van der Waals surface area contributed by atoms with Crippen molar-refractivity contribution in [3.8, 4) is 5.75 Å². The van der Waals surface area contributed by atoms with E-state index in [0.29, 0.717) is 17.9 Å². The van der Waals surface area contributed by atoms with Gasteiger partial charge in [0.2, 0.25) is 0 Å². The normalized spacial score (nSPS) is 13.6. The van der Waals surface area contributed by atoms with Crippen molar-refractivity contribution in [2.75, 3.05) is 0 Å². The molecule has 5 heteroatoms. The van der Waals surface area contributed by atoms with Crippen LogP contribution in [0.2, 0.25) is 0 Å². The number of hydrogen-bond acceptors (Lipinski definition) is 2. The van der Waals surface area contributed by atoms with E-state index in [4.69, 9.17) is 4.74 Å². The average molecular weight is 338 g/mol. The Bertz CT molecular complexity index is 673. The van der Waals surface area contributed by atoms with Gasteiger partial charge in [-0.2, -0.15) is 13.2 Å². The smallest absolute Gasteiger partial charge is 0.418 e. The molecule has 0 saturated heterocycles. The first-order valence-corrected chi connectivity index (χ1v) is 7.65. The molecule has 0 aliphatic rings. The Morgan fingerprint density at radius 1 is 1.00 bits per heavy atom. The maximum atomic E-state index is 12.8. The Morgan fingerprint density at radius 3 is 2.17 bits per heavy atom. The fourth-order valence-electron chi connectivity index (χ4n) is 2.35. The fourth-order valence-corrected chi connectivity index (χ4v) is 2.35. The molecule has 0 radical (unpaired) electrons. The van der Waals surface area contributed by atoms with Gasteiger partial charge in [0, 0.05) is 0 Å². The fraction of sp³-hybridized carbons (Fsp3) is 0.368. The van der Waals surface area contributed by atoms with Crippen molar-refractivity contribution in [1.29, 1.82) is 0 Å². The van der Waals surface area contributed by atoms with Gasteiger partial charge in [-0.15, -0.1) is 0 Å². The Balaban J connectivity index is 2.31. The zero-order chi connectivity index (χ0) is 18.0. The molecule has 0 fully saturated rings. The summed E-state index contributed by atoms with van der Waals surface area (Å²) in [4.78, 5) is 0. The van der Waals surface area contributed by atoms with Gasteiger partial charge in [-0.1, -0.05) is 57.2 Å². The SMILES string of the molecule is CC(C)(C)c1cc(C(O)C(F)(F)F)ccc1OCc1ccccc1. The molecule has 130 valence electrons. The van der Waals surface area contributed by atoms with E-state index in [2.05, 4.69) is 0 Å². The van der Waals surface area contributed by atoms with Crippen molar-refractivity contribution in [2.45, 2.75) is 45.1 Å². The number of aliphatic hydroxyl groups excluding tert-OH is 1. The van der Waals surface area contributed by atoms with Crippen molar-refractivity contribution in [3.05, 3.63) is 65.2 Å². The van der Waals surface area contributed by atoms with Crippen molar-refractivity contribution in [3.63, 3.8) is 0 Å². The Kier molecular flexibility index (Phi) is 5.23. The van der Waals surface area contributed by atoms with Crippen LogP contribution in [0.4, 0.5) is 13.2 Å². The van der Waals surface area contributed by atoms with Gasteiger partial charge in [-0.3, -0.25) is 0 Å². The summed E-state index contributed by atoms with van der Waals surface area (Å²) in [6.07, 6.45) is -7.19. The predicted octanol–water partition coefficient (Wildman–Crippen LogP) is 5.16. The van der Waals surface area contributed by atoms with Crippen LogP contribution in [0.5, 0.6) is 5.75 Å². The minimum Gasteiger partial charge on any atom is -0.489 e. The topological polar surface area (TPSA) is 29.5 Å². The van der Waals surface area contributed by atoms with Crippen LogP contribution in [0.25, 0.3) is 0 Å². The number of aliphatic hydroxyl groups is 1. The summed E-state index contributed by atoms with van der Waals surface area (Å²) in [5.74, 6) is 0.518. The van der Waals surface area contributed by atoms with Gasteiger partial charge in [0.15, 0.2) is 6.10 Å². The highest BCUT2D eigenvalue weighted by molar-refractivity contribution is 5.42. The first-order chi connectivity index (χ1) is 11.1. The zero-order valence-electron chi connectivity index (χ0n) is 13.9. The lowest BCUT2D eigenvalue weighted by atomic mass is 9.84. The third kappa shape index (κ3) is 4.51. The predicted molar refractivity (Wildman–Crippen MR) is 86.9 cm³/mol. The van der Waals surface area contributed by atoms with E-state index in [1.54, 1.807) is 0 Å². The van der Waals surface area contributed by atoms with Crippen LogP contribution in [-0.2, 0) is 12.0 Å². The van der Waals surface area contributed by atoms with Gasteiger partial charge in [0.1, 0.15) is 12.4 Å². The first-order valence-electron chi connectivity index (χ1n) is 7.65. The number of ether oxygens (including phenoxy) is 1. The van der Waals surface area contributed by atoms with E-state index in [0.717, 1.165) is 5.56 Å². The lowest BCUT2D eigenvalue weighted by molar-refractivity contribution is -0.206. The maximum Gasteiger partial charge on any atom is 0.418 e. The van der Waals surface area contributed by atoms with Gasteiger partial charge in [-0.25, -0.2) is 0 Å². The van der Waals surface area contributed by atoms with E-state index < -0.39 is 17.7 Å². The number of halogens is 3. The average Bonchev–Trinajstić information content (AvgIpc) is 2.51. The van der Waals surface area contributed by atoms with Crippen LogP contribution in [0.1, 0.15) is 43.6 Å². The van der Waals surface area contributed by atoms with Crippen LogP contribution in [0.15, 0.2) is 48.5 Å². The second-order valence-electron chi connectivity index (χ2n) is 6.72. The highest BCUT2D eigenvalue weighted by Crippen LogP contribution is 2.38. The van der Waals surface area contributed by atoms with Crippen molar-refractivity contribution >= 4 is 0 Å². The molecule has 0 bridgehead atoms. The monoisotopic (exact) mass is 338 g/mol. The summed E-state index contributed by atoms with van der Waals surface area (Å²) < 4.78 is 44.1. The molecule has 2 nitrogen and oxygen atoms in total. The molecule has 0 amide bonds. The molecule has 0 aliphatic heterocycles. The van der Waals surface area contributed by atoms with E-state index in [1.807, 2.05) is 51.1 Å². The quantitative estimate of drug-likeness (QED) is 0.834. The molecule has 0 aliphatic carbocycles. The third-order valence-corrected chi connectivity index (χ3v) is 3.67. The second-order valence-corrected chi connectivity index (χ2v) is 6.72. The largest absolute Gasteiger partial charge is 0.489 e. The lowest BCUT2D eigenvalue weighted by Gasteiger charge is -2.25. The molecule has 1 atom stereocenters. The summed E-state index contributed by atoms with van der Waals surface area (Å²) in [5, 5.41) is 9.48. The summed E-state index contributed by atoms with van der Waals surface area (Å²) in [6.45, 7) is 6.00. The summed E-state index contributed by atoms with van der Waals surface area (Å²) in [5.41, 5.74) is 0.989. The molecule has 2 rings (SSSR count). The van der Waals surface area contributed by atoms with Gasteiger partial charge in [0.05, 0.1) is 0 Å². The Morgan fingerprint density at radius 2 is 1.62 bits per heavy atom. The van der Waals surface area contributed by atoms with Crippen LogP contribution >= 0.6 is 0 Å². The highest BCUT2D eigenvalue weighted by atomic mass is 19.4. The van der Waals surface area contributed by atoms with Crippen LogP contribution in [0.3, 0.4) is 0 Å². The van der Waals surface area contributed by atoms with E-state index in [-0.39, 0.29) is 5.56 Å². The van der Waals surface area contributed by atoms with Crippen LogP contribution < -0.4 is 4.74 Å². The molecule has 0 heterocycles. The summed E-state index contributed by atoms with van der Waals surface area (Å²) in [6, 6.07) is 13.6. The lowest BCUT2D eigenvalue weighted by Crippen LogP contribution is -2.21. The van der Waals surface area contributed by atoms with Crippen molar-refractivity contribution in [1.82, 2.24) is 0 Å². The number of hydrogen-bond donors (Lipinski definition) is 1. The van der Waals surface area contributed by atoms with Gasteiger partial charge >= 0.3 is 6.18 Å². The maximum absolute atomic E-state index is 12.8. The van der Waals surface area contributed by atoms with Crippen LogP contribution in [-0.4, -0.2) is 11.3 Å². The summed E-state index contributed by atoms with van der Waals surface area (Å²) >= 11 is 0. The minimum absolute atomic E-state index is 0.181. The van der Waals surface area contributed by atoms with Gasteiger partial charge in [0.25, 0.3) is 0 Å². The number of benzene rings is 2. The number of alkyl halides is 3. The summed E-state index contributed by atoms with van der Waals surface area (Å²) in [7, 11) is 0. The molecule has 24 heavy (non-hydrogen) atoms. The Hall–Kier alpha value is -2.01. The van der Waals surface area contributed by atoms with E-state index in [9.17, 15) is 18.3 Å². The molecular weight excluding hydrogens is 317 g/mol. The van der Waals surface area contributed by atoms with Crippen LogP contribution in [0, 0.1) is 0 Å². The number of rotatable bonds is 4. The minimum atomic E-state index is -4.69. The first kappa shape index (κ1) is 18.3. The van der Waals surface area contributed by atoms with Crippen molar-refractivity contribution in [2.24, 2.45) is 0 Å². The molecule has 1 unspecified atom stereocenters. The molecule has 0 spiro atoms. The zero-order valence-corrected chi connectivity index (χ0v) is 13.9.